The van der Waals surface area contributed by atoms with Crippen LogP contribution in [0, 0.1) is 11.3 Å². The summed E-state index contributed by atoms with van der Waals surface area (Å²) in [6, 6.07) is 10.6. The number of aromatic hydroxyl groups is 1. The minimum Gasteiger partial charge on any atom is -0.508 e. The molecule has 2 aromatic carbocycles. The molecular formula is C20H19BrN2O4. The average molecular weight is 431 g/mol. The highest BCUT2D eigenvalue weighted by Gasteiger charge is 2.33. The number of phenolic OH excluding ortho intramolecular Hbond substituents is 1. The summed E-state index contributed by atoms with van der Waals surface area (Å²) >= 11 is 3.58. The zero-order valence-corrected chi connectivity index (χ0v) is 16.5. The molecule has 27 heavy (non-hydrogen) atoms. The van der Waals surface area contributed by atoms with Crippen molar-refractivity contribution in [2.45, 2.75) is 19.8 Å². The molecule has 140 valence electrons. The van der Waals surface area contributed by atoms with Gasteiger partial charge in [0.05, 0.1) is 19.1 Å². The molecule has 3 rings (SSSR count). The molecule has 6 nitrogen and oxygen atoms in total. The number of hydrogen-bond acceptors (Lipinski definition) is 6. The predicted octanol–water partition coefficient (Wildman–Crippen LogP) is 4.17. The highest BCUT2D eigenvalue weighted by atomic mass is 79.9. The van der Waals surface area contributed by atoms with Crippen molar-refractivity contribution in [2.75, 3.05) is 13.2 Å². The molecule has 7 heteroatoms. The van der Waals surface area contributed by atoms with Crippen LogP contribution in [0.15, 0.2) is 46.3 Å². The Kier molecular flexibility index (Phi) is 5.47. The summed E-state index contributed by atoms with van der Waals surface area (Å²) < 4.78 is 17.7. The van der Waals surface area contributed by atoms with Gasteiger partial charge in [0.25, 0.3) is 0 Å². The Labute approximate surface area is 165 Å². The molecule has 0 fully saturated rings. The highest BCUT2D eigenvalue weighted by Crippen LogP contribution is 2.47. The second-order valence-electron chi connectivity index (χ2n) is 5.83. The Morgan fingerprint density at radius 3 is 2.44 bits per heavy atom. The Bertz CT molecular complexity index is 950. The molecule has 3 N–H and O–H groups in total. The summed E-state index contributed by atoms with van der Waals surface area (Å²) in [5, 5.41) is 19.5. The molecule has 1 atom stereocenters. The van der Waals surface area contributed by atoms with Crippen LogP contribution < -0.4 is 19.9 Å². The monoisotopic (exact) mass is 430 g/mol. The minimum absolute atomic E-state index is 0.0133. The van der Waals surface area contributed by atoms with Gasteiger partial charge in [-0.2, -0.15) is 5.26 Å². The first-order valence-corrected chi connectivity index (χ1v) is 9.28. The largest absolute Gasteiger partial charge is 0.508 e. The Morgan fingerprint density at radius 1 is 1.15 bits per heavy atom. The molecule has 0 radical (unpaired) electrons. The predicted molar refractivity (Wildman–Crippen MR) is 104 cm³/mol. The average Bonchev–Trinajstić information content (AvgIpc) is 2.63. The second kappa shape index (κ2) is 7.80. The number of allylic oxidation sites excluding steroid dienone is 1. The number of phenols is 1. The third kappa shape index (κ3) is 3.53. The molecule has 1 heterocycles. The second-order valence-corrected chi connectivity index (χ2v) is 6.69. The van der Waals surface area contributed by atoms with Crippen molar-refractivity contribution in [3.8, 4) is 29.1 Å². The normalized spacial score (nSPS) is 15.6. The van der Waals surface area contributed by atoms with Crippen LogP contribution in [-0.4, -0.2) is 18.3 Å². The molecule has 0 bridgehead atoms. The smallest absolute Gasteiger partial charge is 0.205 e. The topological polar surface area (TPSA) is 97.7 Å². The lowest BCUT2D eigenvalue weighted by Gasteiger charge is -2.27. The molecule has 1 aliphatic heterocycles. The molecular weight excluding hydrogens is 412 g/mol. The number of ether oxygens (including phenoxy) is 3. The number of fused-ring (bicyclic) bond motifs is 1. The quantitative estimate of drug-likeness (QED) is 0.738. The number of nitriles is 1. The van der Waals surface area contributed by atoms with Crippen LogP contribution >= 0.6 is 15.9 Å². The van der Waals surface area contributed by atoms with E-state index in [1.807, 2.05) is 26.0 Å². The fourth-order valence-electron chi connectivity index (χ4n) is 3.07. The Hall–Kier alpha value is -2.85. The van der Waals surface area contributed by atoms with Crippen LogP contribution in [0.3, 0.4) is 0 Å². The van der Waals surface area contributed by atoms with Crippen LogP contribution in [0.5, 0.6) is 23.0 Å². The Balaban J connectivity index is 2.22. The molecule has 0 saturated carbocycles. The molecule has 1 aliphatic rings. The number of benzene rings is 2. The summed E-state index contributed by atoms with van der Waals surface area (Å²) in [5.41, 5.74) is 7.80. The summed E-state index contributed by atoms with van der Waals surface area (Å²) in [6.07, 6.45) is 0. The fraction of sp³-hybridized carbons (Fsp3) is 0.250. The van der Waals surface area contributed by atoms with E-state index in [0.717, 1.165) is 15.6 Å². The fourth-order valence-corrected chi connectivity index (χ4v) is 3.62. The van der Waals surface area contributed by atoms with Crippen molar-refractivity contribution in [1.29, 1.82) is 5.26 Å². The molecule has 0 aromatic heterocycles. The van der Waals surface area contributed by atoms with Gasteiger partial charge in [-0.1, -0.05) is 22.0 Å². The summed E-state index contributed by atoms with van der Waals surface area (Å²) in [7, 11) is 0. The molecule has 0 aliphatic carbocycles. The van der Waals surface area contributed by atoms with Crippen LogP contribution in [0.4, 0.5) is 0 Å². The zero-order chi connectivity index (χ0) is 19.6. The summed E-state index contributed by atoms with van der Waals surface area (Å²) in [4.78, 5) is 0. The van der Waals surface area contributed by atoms with Crippen LogP contribution in [0.25, 0.3) is 0 Å². The third-order valence-electron chi connectivity index (χ3n) is 4.18. The standard InChI is InChI=1S/C20H19BrN2O4/c1-3-25-17-8-13(15(21)9-18(17)26-4-2)19-12-6-5-11(24)7-16(12)27-20(23)14(19)10-22/h5-9,19,24H,3-4,23H2,1-2H3. The van der Waals surface area contributed by atoms with E-state index in [1.165, 1.54) is 6.07 Å². The van der Waals surface area contributed by atoms with Gasteiger partial charge in [0.1, 0.15) is 23.1 Å². The first-order chi connectivity index (χ1) is 13.0. The maximum absolute atomic E-state index is 9.77. The van der Waals surface area contributed by atoms with Gasteiger partial charge >= 0.3 is 0 Å². The summed E-state index contributed by atoms with van der Waals surface area (Å²) in [5.74, 6) is 1.21. The van der Waals surface area contributed by atoms with Gasteiger partial charge in [-0.15, -0.1) is 0 Å². The third-order valence-corrected chi connectivity index (χ3v) is 4.86. The van der Waals surface area contributed by atoms with E-state index in [1.54, 1.807) is 12.1 Å². The van der Waals surface area contributed by atoms with Crippen molar-refractivity contribution >= 4 is 15.9 Å². The lowest BCUT2D eigenvalue weighted by atomic mass is 9.83. The van der Waals surface area contributed by atoms with Crippen LogP contribution in [-0.2, 0) is 0 Å². The van der Waals surface area contributed by atoms with Gasteiger partial charge in [0, 0.05) is 16.1 Å². The van der Waals surface area contributed by atoms with Gasteiger partial charge in [0.15, 0.2) is 11.5 Å². The van der Waals surface area contributed by atoms with E-state index in [-0.39, 0.29) is 11.6 Å². The van der Waals surface area contributed by atoms with Gasteiger partial charge in [-0.05, 0) is 37.6 Å². The molecule has 2 aromatic rings. The van der Waals surface area contributed by atoms with Gasteiger partial charge in [0.2, 0.25) is 5.88 Å². The maximum Gasteiger partial charge on any atom is 0.205 e. The number of nitrogens with two attached hydrogens (primary N) is 1. The van der Waals surface area contributed by atoms with Crippen LogP contribution in [0.1, 0.15) is 30.9 Å². The molecule has 0 saturated heterocycles. The number of rotatable bonds is 5. The number of halogens is 1. The number of hydrogen-bond donors (Lipinski definition) is 2. The summed E-state index contributed by atoms with van der Waals surface area (Å²) in [6.45, 7) is 4.77. The van der Waals surface area contributed by atoms with Gasteiger partial charge in [-0.25, -0.2) is 0 Å². The van der Waals surface area contributed by atoms with Crippen molar-refractivity contribution in [3.63, 3.8) is 0 Å². The van der Waals surface area contributed by atoms with Crippen molar-refractivity contribution < 1.29 is 19.3 Å². The molecule has 1 unspecified atom stereocenters. The lowest BCUT2D eigenvalue weighted by molar-refractivity contribution is 0.287. The van der Waals surface area contributed by atoms with E-state index < -0.39 is 5.92 Å². The van der Waals surface area contributed by atoms with E-state index in [0.29, 0.717) is 36.0 Å². The van der Waals surface area contributed by atoms with Gasteiger partial charge < -0.3 is 25.1 Å². The first kappa shape index (κ1) is 18.9. The molecule has 0 amide bonds. The lowest BCUT2D eigenvalue weighted by Crippen LogP contribution is -2.21. The van der Waals surface area contributed by atoms with E-state index >= 15 is 0 Å². The zero-order valence-electron chi connectivity index (χ0n) is 15.0. The first-order valence-electron chi connectivity index (χ1n) is 8.49. The van der Waals surface area contributed by atoms with Crippen LogP contribution in [0.2, 0.25) is 0 Å². The number of nitrogens with zero attached hydrogens (tertiary/aromatic N) is 1. The van der Waals surface area contributed by atoms with E-state index in [9.17, 15) is 10.4 Å². The van der Waals surface area contributed by atoms with E-state index in [2.05, 4.69) is 22.0 Å². The minimum atomic E-state index is -0.469. The SMILES string of the molecule is CCOc1cc(Br)c(C2C(C#N)=C(N)Oc3cc(O)ccc32)cc1OCC. The van der Waals surface area contributed by atoms with Gasteiger partial charge in [-0.3, -0.25) is 0 Å². The van der Waals surface area contributed by atoms with Crippen molar-refractivity contribution in [1.82, 2.24) is 0 Å². The van der Waals surface area contributed by atoms with Crippen molar-refractivity contribution in [3.05, 3.63) is 57.4 Å². The van der Waals surface area contributed by atoms with Crippen molar-refractivity contribution in [2.24, 2.45) is 5.73 Å². The Morgan fingerprint density at radius 2 is 1.81 bits per heavy atom. The highest BCUT2D eigenvalue weighted by molar-refractivity contribution is 9.10. The van der Waals surface area contributed by atoms with E-state index in [4.69, 9.17) is 19.9 Å². The maximum atomic E-state index is 9.77. The molecule has 0 spiro atoms.